The number of methoxy groups -OCH3 is 1. The second-order valence-electron chi connectivity index (χ2n) is 3.80. The number of carbonyl (C=O) groups is 2. The van der Waals surface area contributed by atoms with Gasteiger partial charge >= 0.3 is 12.1 Å². The van der Waals surface area contributed by atoms with Crippen molar-refractivity contribution in [2.24, 2.45) is 0 Å². The van der Waals surface area contributed by atoms with Crippen LogP contribution in [0.2, 0.25) is 0 Å². The summed E-state index contributed by atoms with van der Waals surface area (Å²) < 4.78 is 7.79. The number of nitrogens with one attached hydrogen (secondary N) is 1. The number of hydrogen-bond acceptors (Lipinski definition) is 5. The van der Waals surface area contributed by atoms with Crippen LogP contribution in [0.3, 0.4) is 0 Å². The maximum absolute atomic E-state index is 11.5. The molecule has 0 aliphatic carbocycles. The number of ether oxygens (including phenoxy) is 2. The summed E-state index contributed by atoms with van der Waals surface area (Å²) in [4.78, 5) is 27.2. The Morgan fingerprint density at radius 3 is 2.62 bits per heavy atom. The lowest BCUT2D eigenvalue weighted by Crippen LogP contribution is -2.30. The van der Waals surface area contributed by atoms with Gasteiger partial charge in [0.1, 0.15) is 12.4 Å². The van der Waals surface area contributed by atoms with Crippen LogP contribution < -0.4 is 10.2 Å². The molecule has 0 fully saturated rings. The van der Waals surface area contributed by atoms with Crippen molar-refractivity contribution in [3.05, 3.63) is 29.8 Å². The van der Waals surface area contributed by atoms with E-state index in [4.69, 9.17) is 39.5 Å². The van der Waals surface area contributed by atoms with Crippen molar-refractivity contribution in [1.29, 1.82) is 0 Å². The monoisotopic (exact) mass is 355 g/mol. The summed E-state index contributed by atoms with van der Waals surface area (Å²) >= 11 is 16.1. The minimum atomic E-state index is -1.73. The molecule has 1 N–H and O–H groups in total. The Kier molecular flexibility index (Phi) is 6.87. The lowest BCUT2D eigenvalue weighted by molar-refractivity contribution is -0.148. The minimum absolute atomic E-state index is 0.0536. The Hall–Kier alpha value is -1.37. The summed E-state index contributed by atoms with van der Waals surface area (Å²) in [6.07, 6.45) is -1.10. The zero-order valence-corrected chi connectivity index (χ0v) is 13.2. The Morgan fingerprint density at radius 2 is 2.00 bits per heavy atom. The molecular formula is C12H12Cl3NO5. The second-order valence-corrected chi connectivity index (χ2v) is 6.31. The van der Waals surface area contributed by atoms with Gasteiger partial charge in [-0.1, -0.05) is 46.9 Å². The third-order valence-corrected chi connectivity index (χ3v) is 2.43. The van der Waals surface area contributed by atoms with Crippen LogP contribution in [0.25, 0.3) is 0 Å². The normalized spacial score (nSPS) is 10.7. The molecule has 6 nitrogen and oxygen atoms in total. The molecular weight excluding hydrogens is 344 g/mol. The van der Waals surface area contributed by atoms with Crippen LogP contribution in [0, 0.1) is 0 Å². The van der Waals surface area contributed by atoms with Gasteiger partial charge < -0.3 is 14.3 Å². The molecule has 0 spiro atoms. The van der Waals surface area contributed by atoms with Gasteiger partial charge in [0.15, 0.2) is 0 Å². The first-order valence-electron chi connectivity index (χ1n) is 5.62. The van der Waals surface area contributed by atoms with Crippen molar-refractivity contribution in [3.63, 3.8) is 0 Å². The highest BCUT2D eigenvalue weighted by molar-refractivity contribution is 6.67. The lowest BCUT2D eigenvalue weighted by atomic mass is 10.1. The molecule has 0 unspecified atom stereocenters. The fourth-order valence-electron chi connectivity index (χ4n) is 1.26. The SMILES string of the molecule is COc1cccc(CC(=O)ONC(=O)OCC(Cl)(Cl)Cl)c1. The first kappa shape index (κ1) is 17.7. The smallest absolute Gasteiger partial charge is 0.440 e. The maximum atomic E-state index is 11.5. The highest BCUT2D eigenvalue weighted by atomic mass is 35.6. The maximum Gasteiger partial charge on any atom is 0.440 e. The topological polar surface area (TPSA) is 73.9 Å². The highest BCUT2D eigenvalue weighted by Gasteiger charge is 2.22. The Balaban J connectivity index is 2.35. The quantitative estimate of drug-likeness (QED) is 0.663. The molecule has 0 atom stereocenters. The molecule has 0 aliphatic heterocycles. The number of rotatable bonds is 4. The number of carbonyl (C=O) groups excluding carboxylic acids is 2. The largest absolute Gasteiger partial charge is 0.497 e. The van der Waals surface area contributed by atoms with E-state index in [2.05, 4.69) is 9.57 Å². The van der Waals surface area contributed by atoms with Gasteiger partial charge in [0, 0.05) is 0 Å². The van der Waals surface area contributed by atoms with Gasteiger partial charge in [-0.3, -0.25) is 0 Å². The molecule has 0 heterocycles. The van der Waals surface area contributed by atoms with E-state index in [1.807, 2.05) is 0 Å². The van der Waals surface area contributed by atoms with E-state index in [1.54, 1.807) is 29.7 Å². The minimum Gasteiger partial charge on any atom is -0.497 e. The third kappa shape index (κ3) is 7.84. The van der Waals surface area contributed by atoms with Crippen molar-refractivity contribution in [2.75, 3.05) is 13.7 Å². The molecule has 0 saturated heterocycles. The van der Waals surface area contributed by atoms with E-state index in [1.165, 1.54) is 7.11 Å². The van der Waals surface area contributed by atoms with E-state index in [0.29, 0.717) is 11.3 Å². The summed E-state index contributed by atoms with van der Waals surface area (Å²) in [5.41, 5.74) is 2.45. The van der Waals surface area contributed by atoms with Crippen LogP contribution in [-0.4, -0.2) is 29.6 Å². The Labute approximate surface area is 136 Å². The predicted molar refractivity (Wildman–Crippen MR) is 77.6 cm³/mol. The van der Waals surface area contributed by atoms with Gasteiger partial charge in [0.05, 0.1) is 13.5 Å². The van der Waals surface area contributed by atoms with Gasteiger partial charge in [-0.2, -0.15) is 0 Å². The number of alkyl halides is 3. The zero-order valence-electron chi connectivity index (χ0n) is 10.9. The second kappa shape index (κ2) is 8.17. The van der Waals surface area contributed by atoms with E-state index in [0.717, 1.165) is 0 Å². The van der Waals surface area contributed by atoms with Gasteiger partial charge in [0.25, 0.3) is 0 Å². The summed E-state index contributed by atoms with van der Waals surface area (Å²) in [7, 11) is 1.51. The number of hydroxylamine groups is 1. The van der Waals surface area contributed by atoms with Gasteiger partial charge in [-0.25, -0.2) is 9.59 Å². The molecule has 9 heteroatoms. The summed E-state index contributed by atoms with van der Waals surface area (Å²) in [6, 6.07) is 6.85. The molecule has 1 aromatic carbocycles. The molecule has 116 valence electrons. The standard InChI is InChI=1S/C12H12Cl3NO5/c1-19-9-4-2-3-8(5-9)6-10(17)21-16-11(18)20-7-12(13,14)15/h2-5H,6-7H2,1H3,(H,16,18). The first-order chi connectivity index (χ1) is 9.80. The fourth-order valence-corrected chi connectivity index (χ4v) is 1.42. The van der Waals surface area contributed by atoms with E-state index < -0.39 is 22.5 Å². The van der Waals surface area contributed by atoms with Crippen LogP contribution >= 0.6 is 34.8 Å². The van der Waals surface area contributed by atoms with E-state index >= 15 is 0 Å². The molecule has 0 aromatic heterocycles. The van der Waals surface area contributed by atoms with Crippen LogP contribution in [0.15, 0.2) is 24.3 Å². The van der Waals surface area contributed by atoms with Crippen molar-refractivity contribution < 1.29 is 23.9 Å². The molecule has 0 aliphatic rings. The Morgan fingerprint density at radius 1 is 1.29 bits per heavy atom. The number of halogens is 3. The number of benzene rings is 1. The lowest BCUT2D eigenvalue weighted by Gasteiger charge is -2.11. The molecule has 1 rings (SSSR count). The van der Waals surface area contributed by atoms with E-state index in [-0.39, 0.29) is 6.42 Å². The van der Waals surface area contributed by atoms with Crippen molar-refractivity contribution in [1.82, 2.24) is 5.48 Å². The third-order valence-electron chi connectivity index (χ3n) is 2.10. The molecule has 1 amide bonds. The Bertz CT molecular complexity index is 504. The van der Waals surface area contributed by atoms with Crippen molar-refractivity contribution in [3.8, 4) is 5.75 Å². The number of hydrogen-bond donors (Lipinski definition) is 1. The summed E-state index contributed by atoms with van der Waals surface area (Å²) in [5.74, 6) is -0.0792. The highest BCUT2D eigenvalue weighted by Crippen LogP contribution is 2.25. The average Bonchev–Trinajstić information content (AvgIpc) is 2.42. The first-order valence-corrected chi connectivity index (χ1v) is 6.75. The molecule has 0 bridgehead atoms. The average molecular weight is 357 g/mol. The van der Waals surface area contributed by atoms with Gasteiger partial charge in [0.2, 0.25) is 3.79 Å². The molecule has 0 radical (unpaired) electrons. The van der Waals surface area contributed by atoms with Crippen molar-refractivity contribution in [2.45, 2.75) is 10.2 Å². The molecule has 0 saturated carbocycles. The molecule has 1 aromatic rings. The van der Waals surface area contributed by atoms with E-state index in [9.17, 15) is 9.59 Å². The van der Waals surface area contributed by atoms with Crippen LogP contribution in [-0.2, 0) is 20.8 Å². The van der Waals surface area contributed by atoms with Gasteiger partial charge in [-0.05, 0) is 17.7 Å². The van der Waals surface area contributed by atoms with Crippen LogP contribution in [0.4, 0.5) is 4.79 Å². The summed E-state index contributed by atoms with van der Waals surface area (Å²) in [5, 5.41) is 0. The zero-order chi connectivity index (χ0) is 15.9. The van der Waals surface area contributed by atoms with Gasteiger partial charge in [-0.15, -0.1) is 5.48 Å². The van der Waals surface area contributed by atoms with Crippen LogP contribution in [0.1, 0.15) is 5.56 Å². The molecule has 21 heavy (non-hydrogen) atoms. The summed E-state index contributed by atoms with van der Waals surface area (Å²) in [6.45, 7) is -0.475. The predicted octanol–water partition coefficient (Wildman–Crippen LogP) is 2.79. The van der Waals surface area contributed by atoms with Crippen molar-refractivity contribution >= 4 is 46.9 Å². The fraction of sp³-hybridized carbons (Fsp3) is 0.333. The van der Waals surface area contributed by atoms with Crippen LogP contribution in [0.5, 0.6) is 5.75 Å². The number of amides is 1.